The fraction of sp³-hybridized carbons (Fsp3) is 0.632. The molecule has 3 rings (SSSR count). The molecule has 0 aliphatic carbocycles. The molecule has 2 heterocycles. The molecule has 2 N–H and O–H groups in total. The van der Waals surface area contributed by atoms with E-state index >= 15 is 0 Å². The van der Waals surface area contributed by atoms with Crippen LogP contribution in [0, 0.1) is 5.92 Å². The lowest BCUT2D eigenvalue weighted by Gasteiger charge is -2.35. The molecule has 0 saturated carbocycles. The summed E-state index contributed by atoms with van der Waals surface area (Å²) in [5.41, 5.74) is 1.15. The molecule has 25 heavy (non-hydrogen) atoms. The van der Waals surface area contributed by atoms with Crippen LogP contribution in [0.25, 0.3) is 0 Å². The average Bonchev–Trinajstić information content (AvgIpc) is 3.16. The van der Waals surface area contributed by atoms with Crippen LogP contribution < -0.4 is 10.6 Å². The van der Waals surface area contributed by atoms with E-state index in [0.717, 1.165) is 57.9 Å². The third-order valence-corrected chi connectivity index (χ3v) is 5.12. The van der Waals surface area contributed by atoms with E-state index in [0.29, 0.717) is 12.5 Å². The number of amides is 2. The Balaban J connectivity index is 1.55. The number of hydrogen-bond donors (Lipinski definition) is 2. The van der Waals surface area contributed by atoms with Crippen molar-refractivity contribution in [3.8, 4) is 0 Å². The Kier molecular flexibility index (Phi) is 6.67. The minimum Gasteiger partial charge on any atom is -0.381 e. The van der Waals surface area contributed by atoms with Gasteiger partial charge in [0.05, 0.1) is 12.6 Å². The number of carbonyl (C=O) groups is 1. The second kappa shape index (κ2) is 9.17. The van der Waals surface area contributed by atoms with Gasteiger partial charge in [-0.05, 0) is 19.0 Å². The number of nitrogens with zero attached hydrogens (tertiary/aromatic N) is 2. The zero-order valence-electron chi connectivity index (χ0n) is 15.1. The van der Waals surface area contributed by atoms with E-state index in [2.05, 4.69) is 39.6 Å². The largest absolute Gasteiger partial charge is 0.381 e. The summed E-state index contributed by atoms with van der Waals surface area (Å²) < 4.78 is 5.37. The second-order valence-corrected chi connectivity index (χ2v) is 7.15. The van der Waals surface area contributed by atoms with Crippen LogP contribution in [0.2, 0.25) is 0 Å². The molecular formula is C19H30N4O2. The maximum atomic E-state index is 12.4. The first-order valence-electron chi connectivity index (χ1n) is 9.28. The van der Waals surface area contributed by atoms with Crippen molar-refractivity contribution >= 4 is 6.03 Å². The summed E-state index contributed by atoms with van der Waals surface area (Å²) >= 11 is 0. The number of ether oxygens (including phenoxy) is 1. The van der Waals surface area contributed by atoms with Gasteiger partial charge in [0.25, 0.3) is 0 Å². The van der Waals surface area contributed by atoms with Gasteiger partial charge in [0.2, 0.25) is 0 Å². The maximum absolute atomic E-state index is 12.4. The molecule has 1 aromatic rings. The lowest BCUT2D eigenvalue weighted by Crippen LogP contribution is -2.49. The number of likely N-dealkylation sites (N-methyl/N-ethyl adjacent to an activating group) is 1. The van der Waals surface area contributed by atoms with Crippen LogP contribution in [-0.4, -0.2) is 75.4 Å². The van der Waals surface area contributed by atoms with Gasteiger partial charge in [-0.3, -0.25) is 4.90 Å². The van der Waals surface area contributed by atoms with E-state index in [9.17, 15) is 4.79 Å². The highest BCUT2D eigenvalue weighted by molar-refractivity contribution is 5.74. The Hall–Kier alpha value is -1.63. The molecule has 2 saturated heterocycles. The van der Waals surface area contributed by atoms with Crippen molar-refractivity contribution in [3.63, 3.8) is 0 Å². The molecule has 6 nitrogen and oxygen atoms in total. The smallest absolute Gasteiger partial charge is 0.315 e. The van der Waals surface area contributed by atoms with Crippen LogP contribution in [0.3, 0.4) is 0 Å². The minimum atomic E-state index is -0.0881. The SMILES string of the molecule is CN1CCN(CC(NC(=O)NCC2CCOC2)c2ccccc2)CC1. The second-order valence-electron chi connectivity index (χ2n) is 7.15. The number of rotatable bonds is 6. The predicted molar refractivity (Wildman–Crippen MR) is 98.6 cm³/mol. The van der Waals surface area contributed by atoms with Gasteiger partial charge in [0.1, 0.15) is 0 Å². The Morgan fingerprint density at radius 2 is 2.00 bits per heavy atom. The quantitative estimate of drug-likeness (QED) is 0.815. The van der Waals surface area contributed by atoms with Gasteiger partial charge >= 0.3 is 6.03 Å². The molecule has 2 fully saturated rings. The highest BCUT2D eigenvalue weighted by Gasteiger charge is 2.22. The summed E-state index contributed by atoms with van der Waals surface area (Å²) in [6, 6.07) is 10.2. The van der Waals surface area contributed by atoms with Gasteiger partial charge < -0.3 is 20.3 Å². The molecule has 0 radical (unpaired) electrons. The summed E-state index contributed by atoms with van der Waals surface area (Å²) in [7, 11) is 2.16. The van der Waals surface area contributed by atoms with Gasteiger partial charge in [-0.1, -0.05) is 30.3 Å². The van der Waals surface area contributed by atoms with Crippen LogP contribution in [0.15, 0.2) is 30.3 Å². The summed E-state index contributed by atoms with van der Waals surface area (Å²) in [6.07, 6.45) is 1.03. The molecule has 0 spiro atoms. The van der Waals surface area contributed by atoms with Crippen LogP contribution in [0.4, 0.5) is 4.79 Å². The number of carbonyl (C=O) groups excluding carboxylic acids is 1. The molecule has 2 amide bonds. The first-order valence-corrected chi connectivity index (χ1v) is 9.28. The van der Waals surface area contributed by atoms with E-state index in [1.54, 1.807) is 0 Å². The number of urea groups is 1. The Morgan fingerprint density at radius 3 is 2.68 bits per heavy atom. The zero-order valence-corrected chi connectivity index (χ0v) is 15.1. The van der Waals surface area contributed by atoms with Crippen molar-refractivity contribution in [3.05, 3.63) is 35.9 Å². The number of hydrogen-bond acceptors (Lipinski definition) is 4. The molecule has 138 valence electrons. The molecule has 2 aliphatic rings. The predicted octanol–water partition coefficient (Wildman–Crippen LogP) is 1.31. The highest BCUT2D eigenvalue weighted by atomic mass is 16.5. The van der Waals surface area contributed by atoms with E-state index in [4.69, 9.17) is 4.74 Å². The fourth-order valence-electron chi connectivity index (χ4n) is 3.40. The summed E-state index contributed by atoms with van der Waals surface area (Å²) in [6.45, 7) is 7.34. The first kappa shape index (κ1) is 18.2. The first-order chi connectivity index (χ1) is 12.2. The maximum Gasteiger partial charge on any atom is 0.315 e. The summed E-state index contributed by atoms with van der Waals surface area (Å²) in [5.74, 6) is 0.443. The van der Waals surface area contributed by atoms with Crippen LogP contribution in [0.1, 0.15) is 18.0 Å². The molecule has 0 aromatic heterocycles. The van der Waals surface area contributed by atoms with E-state index in [1.165, 1.54) is 0 Å². The van der Waals surface area contributed by atoms with Crippen LogP contribution in [-0.2, 0) is 4.74 Å². The van der Waals surface area contributed by atoms with E-state index in [-0.39, 0.29) is 12.1 Å². The summed E-state index contributed by atoms with van der Waals surface area (Å²) in [5, 5.41) is 6.18. The van der Waals surface area contributed by atoms with Crippen molar-refractivity contribution in [1.29, 1.82) is 0 Å². The zero-order chi connectivity index (χ0) is 17.5. The van der Waals surface area contributed by atoms with Gasteiger partial charge in [-0.2, -0.15) is 0 Å². The molecule has 2 aliphatic heterocycles. The van der Waals surface area contributed by atoms with Gasteiger partial charge in [0, 0.05) is 51.8 Å². The number of piperazine rings is 1. The molecule has 6 heteroatoms. The van der Waals surface area contributed by atoms with Crippen molar-refractivity contribution < 1.29 is 9.53 Å². The Bertz CT molecular complexity index is 525. The fourth-order valence-corrected chi connectivity index (χ4v) is 3.40. The number of nitrogens with one attached hydrogen (secondary N) is 2. The van der Waals surface area contributed by atoms with Crippen LogP contribution in [0.5, 0.6) is 0 Å². The Labute approximate surface area is 150 Å². The average molecular weight is 346 g/mol. The molecular weight excluding hydrogens is 316 g/mol. The third kappa shape index (κ3) is 5.70. The molecule has 2 unspecified atom stereocenters. The molecule has 1 aromatic carbocycles. The topological polar surface area (TPSA) is 56.8 Å². The van der Waals surface area contributed by atoms with Gasteiger partial charge in [-0.15, -0.1) is 0 Å². The lowest BCUT2D eigenvalue weighted by molar-refractivity contribution is 0.142. The summed E-state index contributed by atoms with van der Waals surface area (Å²) in [4.78, 5) is 17.2. The third-order valence-electron chi connectivity index (χ3n) is 5.12. The highest BCUT2D eigenvalue weighted by Crippen LogP contribution is 2.16. The molecule has 2 atom stereocenters. The van der Waals surface area contributed by atoms with Crippen molar-refractivity contribution in [1.82, 2.24) is 20.4 Å². The Morgan fingerprint density at radius 1 is 1.24 bits per heavy atom. The molecule has 0 bridgehead atoms. The number of benzene rings is 1. The van der Waals surface area contributed by atoms with E-state index in [1.807, 2.05) is 18.2 Å². The van der Waals surface area contributed by atoms with Crippen molar-refractivity contribution in [2.45, 2.75) is 12.5 Å². The van der Waals surface area contributed by atoms with Gasteiger partial charge in [-0.25, -0.2) is 4.79 Å². The standard InChI is InChI=1S/C19H30N4O2/c1-22-8-10-23(11-9-22)14-18(17-5-3-2-4-6-17)21-19(24)20-13-16-7-12-25-15-16/h2-6,16,18H,7-15H2,1H3,(H2,20,21,24). The van der Waals surface area contributed by atoms with Crippen molar-refractivity contribution in [2.24, 2.45) is 5.92 Å². The normalized spacial score (nSPS) is 23.3. The van der Waals surface area contributed by atoms with E-state index < -0.39 is 0 Å². The van der Waals surface area contributed by atoms with Crippen LogP contribution >= 0.6 is 0 Å². The monoisotopic (exact) mass is 346 g/mol. The lowest BCUT2D eigenvalue weighted by atomic mass is 10.1. The van der Waals surface area contributed by atoms with Gasteiger partial charge in [0.15, 0.2) is 0 Å². The van der Waals surface area contributed by atoms with Crippen molar-refractivity contribution in [2.75, 3.05) is 59.5 Å². The minimum absolute atomic E-state index is 0.00411.